The second kappa shape index (κ2) is 23.0. The molecule has 1 aliphatic rings. The standard InChI is InChI=1S/C54H78O6SSi2/c1-13-62(14-2,15-3)60-51(53(8,9)41-61-47-25-19-16-20-26-47)38-44(35-36-57-63(52(5,6)7,48-27-21-17-22-28-48)49-29-23-18-24-30-49)37-46(39-50-42(4)58-54(10,11)59-50)56-40-43-31-33-45(55-12)34-32-43/h16-35,42,46,50-51H,13-15,36-41H2,1-12H3/b44-35+/t42-,46+,50-,51?/m1/s1. The first-order chi connectivity index (χ1) is 30.0. The molecule has 63 heavy (non-hydrogen) atoms. The van der Waals surface area contributed by atoms with Crippen molar-refractivity contribution >= 4 is 38.8 Å². The third-order valence-electron chi connectivity index (χ3n) is 13.1. The highest BCUT2D eigenvalue weighted by atomic mass is 32.2. The molecule has 0 aromatic heterocycles. The summed E-state index contributed by atoms with van der Waals surface area (Å²) >= 11 is 1.93. The Hall–Kier alpha value is -3.00. The van der Waals surface area contributed by atoms with Crippen LogP contribution in [0.25, 0.3) is 0 Å². The molecule has 1 fully saturated rings. The van der Waals surface area contributed by atoms with Gasteiger partial charge in [-0.3, -0.25) is 0 Å². The minimum Gasteiger partial charge on any atom is -0.497 e. The molecule has 6 nitrogen and oxygen atoms in total. The average Bonchev–Trinajstić information content (AvgIpc) is 3.55. The fourth-order valence-electron chi connectivity index (χ4n) is 9.14. The van der Waals surface area contributed by atoms with Crippen molar-refractivity contribution in [3.63, 3.8) is 0 Å². The number of thioether (sulfide) groups is 1. The molecule has 0 spiro atoms. The highest BCUT2D eigenvalue weighted by Gasteiger charge is 2.50. The molecule has 0 amide bonds. The van der Waals surface area contributed by atoms with Crippen molar-refractivity contribution in [2.24, 2.45) is 5.41 Å². The van der Waals surface area contributed by atoms with Crippen LogP contribution in [0.4, 0.5) is 0 Å². The van der Waals surface area contributed by atoms with Gasteiger partial charge in [0, 0.05) is 17.1 Å². The summed E-state index contributed by atoms with van der Waals surface area (Å²) in [5.74, 6) is 1.12. The molecule has 1 heterocycles. The molecule has 0 aliphatic carbocycles. The van der Waals surface area contributed by atoms with Crippen LogP contribution in [0.5, 0.6) is 5.75 Å². The second-order valence-corrected chi connectivity index (χ2v) is 29.7. The molecule has 1 saturated heterocycles. The molecular formula is C54H78O6SSi2. The van der Waals surface area contributed by atoms with E-state index in [9.17, 15) is 0 Å². The first-order valence-corrected chi connectivity index (χ1v) is 28.8. The SMILES string of the molecule is CC[Si](CC)(CC)OC(C/C(=C/CO[Si](c1ccccc1)(c1ccccc1)C(C)(C)C)C[C@@H](C[C@H]1OC(C)(C)O[C@@H]1C)OCc1ccc(OC)cc1)C(C)(C)CSc1ccccc1. The fourth-order valence-corrected chi connectivity index (χ4v) is 17.7. The highest BCUT2D eigenvalue weighted by molar-refractivity contribution is 7.99. The van der Waals surface area contributed by atoms with Crippen LogP contribution in [0.15, 0.2) is 132 Å². The third-order valence-corrected chi connectivity index (χ3v) is 24.3. The van der Waals surface area contributed by atoms with E-state index < -0.39 is 22.4 Å². The van der Waals surface area contributed by atoms with Crippen LogP contribution in [-0.2, 0) is 29.7 Å². The summed E-state index contributed by atoms with van der Waals surface area (Å²) in [7, 11) is -3.15. The van der Waals surface area contributed by atoms with Gasteiger partial charge in [0.05, 0.1) is 44.7 Å². The Bertz CT molecular complexity index is 1910. The number of ether oxygens (including phenoxy) is 4. The zero-order chi connectivity index (χ0) is 45.7. The van der Waals surface area contributed by atoms with Gasteiger partial charge in [-0.25, -0.2) is 0 Å². The van der Waals surface area contributed by atoms with E-state index in [4.69, 9.17) is 27.8 Å². The van der Waals surface area contributed by atoms with E-state index in [0.29, 0.717) is 26.1 Å². The molecule has 344 valence electrons. The van der Waals surface area contributed by atoms with Crippen LogP contribution < -0.4 is 15.1 Å². The number of methoxy groups -OCH3 is 1. The monoisotopic (exact) mass is 911 g/mol. The summed E-state index contributed by atoms with van der Waals surface area (Å²) in [6.07, 6.45) is 4.27. The van der Waals surface area contributed by atoms with Crippen LogP contribution in [0.1, 0.15) is 101 Å². The summed E-state index contributed by atoms with van der Waals surface area (Å²) in [5.41, 5.74) is 2.26. The molecule has 1 aliphatic heterocycles. The number of benzene rings is 4. The van der Waals surface area contributed by atoms with Gasteiger partial charge in [-0.1, -0.05) is 158 Å². The summed E-state index contributed by atoms with van der Waals surface area (Å²) in [6.45, 7) is 26.0. The minimum atomic E-state index is -2.81. The van der Waals surface area contributed by atoms with Crippen LogP contribution in [0.2, 0.25) is 23.2 Å². The lowest BCUT2D eigenvalue weighted by Gasteiger charge is -2.43. The largest absolute Gasteiger partial charge is 0.497 e. The van der Waals surface area contributed by atoms with Gasteiger partial charge in [0.15, 0.2) is 14.1 Å². The lowest BCUT2D eigenvalue weighted by molar-refractivity contribution is -0.148. The Morgan fingerprint density at radius 1 is 0.762 bits per heavy atom. The predicted octanol–water partition coefficient (Wildman–Crippen LogP) is 13.0. The van der Waals surface area contributed by atoms with Crippen molar-refractivity contribution in [2.75, 3.05) is 19.5 Å². The topological polar surface area (TPSA) is 55.4 Å². The second-order valence-electron chi connectivity index (χ2n) is 19.6. The van der Waals surface area contributed by atoms with Gasteiger partial charge in [-0.2, -0.15) is 0 Å². The van der Waals surface area contributed by atoms with Gasteiger partial charge in [0.25, 0.3) is 8.32 Å². The van der Waals surface area contributed by atoms with Gasteiger partial charge in [0.1, 0.15) is 5.75 Å². The molecule has 4 atom stereocenters. The quantitative estimate of drug-likeness (QED) is 0.0394. The van der Waals surface area contributed by atoms with Gasteiger partial charge < -0.3 is 27.8 Å². The van der Waals surface area contributed by atoms with Crippen molar-refractivity contribution in [1.82, 2.24) is 0 Å². The summed E-state index contributed by atoms with van der Waals surface area (Å²) in [6, 6.07) is 44.1. The zero-order valence-corrected chi connectivity index (χ0v) is 43.4. The Morgan fingerprint density at radius 2 is 1.32 bits per heavy atom. The van der Waals surface area contributed by atoms with Crippen molar-refractivity contribution in [3.8, 4) is 5.75 Å². The zero-order valence-electron chi connectivity index (χ0n) is 40.6. The molecule has 5 rings (SSSR count). The van der Waals surface area contributed by atoms with Gasteiger partial charge in [-0.15, -0.1) is 11.8 Å². The summed E-state index contributed by atoms with van der Waals surface area (Å²) < 4.78 is 40.6. The Morgan fingerprint density at radius 3 is 1.81 bits per heavy atom. The minimum absolute atomic E-state index is 0.00879. The average molecular weight is 911 g/mol. The van der Waals surface area contributed by atoms with E-state index in [1.165, 1.54) is 20.8 Å². The van der Waals surface area contributed by atoms with E-state index in [0.717, 1.165) is 41.6 Å². The lowest BCUT2D eigenvalue weighted by atomic mass is 9.83. The van der Waals surface area contributed by atoms with E-state index >= 15 is 0 Å². The summed E-state index contributed by atoms with van der Waals surface area (Å²) in [5, 5.41) is 2.41. The fraction of sp³-hybridized carbons (Fsp3) is 0.519. The van der Waals surface area contributed by atoms with Gasteiger partial charge in [0.2, 0.25) is 0 Å². The molecule has 0 bridgehead atoms. The predicted molar refractivity (Wildman–Crippen MR) is 270 cm³/mol. The molecule has 9 heteroatoms. The molecule has 4 aromatic carbocycles. The highest BCUT2D eigenvalue weighted by Crippen LogP contribution is 2.41. The Balaban J connectivity index is 1.59. The van der Waals surface area contributed by atoms with E-state index in [1.807, 2.05) is 37.7 Å². The molecule has 0 radical (unpaired) electrons. The van der Waals surface area contributed by atoms with Gasteiger partial charge >= 0.3 is 0 Å². The molecule has 4 aromatic rings. The lowest BCUT2D eigenvalue weighted by Crippen LogP contribution is -2.66. The normalized spacial score (nSPS) is 18.3. The van der Waals surface area contributed by atoms with Crippen molar-refractivity contribution in [3.05, 3.63) is 132 Å². The van der Waals surface area contributed by atoms with E-state index in [2.05, 4.69) is 172 Å². The van der Waals surface area contributed by atoms with Crippen molar-refractivity contribution in [1.29, 1.82) is 0 Å². The first-order valence-electron chi connectivity index (χ1n) is 23.4. The van der Waals surface area contributed by atoms with Crippen LogP contribution in [0, 0.1) is 5.41 Å². The third kappa shape index (κ3) is 13.8. The number of hydrogen-bond donors (Lipinski definition) is 0. The number of hydrogen-bond acceptors (Lipinski definition) is 7. The number of rotatable bonds is 24. The molecule has 1 unspecified atom stereocenters. The maximum absolute atomic E-state index is 7.68. The summed E-state index contributed by atoms with van der Waals surface area (Å²) in [4.78, 5) is 1.28. The van der Waals surface area contributed by atoms with Gasteiger partial charge in [-0.05, 0) is 102 Å². The molecule has 0 N–H and O–H groups in total. The van der Waals surface area contributed by atoms with E-state index in [1.54, 1.807) is 7.11 Å². The maximum atomic E-state index is 7.68. The molecule has 0 saturated carbocycles. The van der Waals surface area contributed by atoms with Crippen LogP contribution in [0.3, 0.4) is 0 Å². The first kappa shape index (κ1) is 51.0. The van der Waals surface area contributed by atoms with Crippen molar-refractivity contribution in [2.45, 2.75) is 160 Å². The molecular weight excluding hydrogens is 833 g/mol. The van der Waals surface area contributed by atoms with Crippen molar-refractivity contribution < 1.29 is 27.8 Å². The van der Waals surface area contributed by atoms with E-state index in [-0.39, 0.29) is 34.9 Å². The Labute approximate surface area is 388 Å². The Kier molecular flexibility index (Phi) is 18.6. The maximum Gasteiger partial charge on any atom is 0.261 e. The van der Waals surface area contributed by atoms with Crippen LogP contribution in [-0.4, -0.2) is 66.3 Å². The smallest absolute Gasteiger partial charge is 0.261 e. The van der Waals surface area contributed by atoms with Crippen LogP contribution >= 0.6 is 11.8 Å².